The molecule has 0 bridgehead atoms. The highest BCUT2D eigenvalue weighted by molar-refractivity contribution is 14.1. The van der Waals surface area contributed by atoms with Gasteiger partial charge in [-0.15, -0.1) is 0 Å². The highest BCUT2D eigenvalue weighted by atomic mass is 127. The molecule has 1 aromatic carbocycles. The lowest BCUT2D eigenvalue weighted by Gasteiger charge is -2.27. The van der Waals surface area contributed by atoms with Crippen LogP contribution in [0.3, 0.4) is 0 Å². The van der Waals surface area contributed by atoms with Gasteiger partial charge < -0.3 is 21.3 Å². The Labute approximate surface area is 238 Å². The van der Waals surface area contributed by atoms with Gasteiger partial charge in [0.15, 0.2) is 0 Å². The summed E-state index contributed by atoms with van der Waals surface area (Å²) >= 11 is 3.85. The van der Waals surface area contributed by atoms with Gasteiger partial charge in [-0.1, -0.05) is 73.7 Å². The fourth-order valence-corrected chi connectivity index (χ4v) is 5.18. The van der Waals surface area contributed by atoms with Crippen molar-refractivity contribution in [2.45, 2.75) is 69.0 Å². The molecule has 0 fully saturated rings. The zero-order chi connectivity index (χ0) is 27.5. The number of amides is 4. The minimum Gasteiger partial charge on any atom is -0.352 e. The van der Waals surface area contributed by atoms with E-state index in [2.05, 4.69) is 50.8 Å². The van der Waals surface area contributed by atoms with Crippen LogP contribution >= 0.6 is 34.4 Å². The SMILES string of the molecule is CC(I)Cc1ccc([C@H](C)C(=O)N[C@H](C(=O)N[C@H]2CSCCNC(=O)/C=C/[C@H](C)NC2=O)C(C)C)cc1. The first-order chi connectivity index (χ1) is 17.5. The Morgan fingerprint density at radius 3 is 2.41 bits per heavy atom. The highest BCUT2D eigenvalue weighted by Gasteiger charge is 2.30. The van der Waals surface area contributed by atoms with Crippen molar-refractivity contribution >= 4 is 58.0 Å². The van der Waals surface area contributed by atoms with Crippen molar-refractivity contribution in [3.05, 3.63) is 47.5 Å². The lowest BCUT2D eigenvalue weighted by molar-refractivity contribution is -0.133. The van der Waals surface area contributed by atoms with Gasteiger partial charge in [0.2, 0.25) is 23.6 Å². The number of nitrogens with one attached hydrogen (secondary N) is 4. The molecule has 0 aliphatic carbocycles. The second kappa shape index (κ2) is 15.4. The molecule has 1 aromatic rings. The molecule has 0 saturated carbocycles. The second-order valence-corrected chi connectivity index (χ2v) is 13.0. The molecule has 10 heteroatoms. The van der Waals surface area contributed by atoms with Crippen LogP contribution < -0.4 is 21.3 Å². The maximum absolute atomic E-state index is 13.3. The topological polar surface area (TPSA) is 116 Å². The summed E-state index contributed by atoms with van der Waals surface area (Å²) in [7, 11) is 0. The number of benzene rings is 1. The van der Waals surface area contributed by atoms with Crippen LogP contribution in [0.1, 0.15) is 51.7 Å². The van der Waals surface area contributed by atoms with Crippen LogP contribution in [0.25, 0.3) is 0 Å². The van der Waals surface area contributed by atoms with E-state index < -0.39 is 23.9 Å². The highest BCUT2D eigenvalue weighted by Crippen LogP contribution is 2.19. The van der Waals surface area contributed by atoms with E-state index >= 15 is 0 Å². The number of carbonyl (C=O) groups excluding carboxylic acids is 4. The van der Waals surface area contributed by atoms with Crippen molar-refractivity contribution < 1.29 is 19.2 Å². The third kappa shape index (κ3) is 10.7. The Kier molecular flexibility index (Phi) is 12.9. The predicted molar refractivity (Wildman–Crippen MR) is 158 cm³/mol. The number of halogens is 1. The van der Waals surface area contributed by atoms with Gasteiger partial charge >= 0.3 is 0 Å². The van der Waals surface area contributed by atoms with E-state index in [4.69, 9.17) is 0 Å². The molecule has 1 aliphatic rings. The zero-order valence-corrected chi connectivity index (χ0v) is 25.1. The summed E-state index contributed by atoms with van der Waals surface area (Å²) in [6.45, 7) is 9.92. The quantitative estimate of drug-likeness (QED) is 0.257. The molecule has 1 aliphatic heterocycles. The van der Waals surface area contributed by atoms with Gasteiger partial charge in [0.25, 0.3) is 0 Å². The number of alkyl halides is 1. The van der Waals surface area contributed by atoms with Crippen molar-refractivity contribution in [1.29, 1.82) is 0 Å². The normalized spacial score (nSPS) is 22.4. The molecule has 1 heterocycles. The molecule has 0 radical (unpaired) electrons. The van der Waals surface area contributed by atoms with E-state index in [0.29, 0.717) is 22.0 Å². The van der Waals surface area contributed by atoms with Gasteiger partial charge in [-0.05, 0) is 37.3 Å². The Bertz CT molecular complexity index is 968. The Hall–Kier alpha value is -2.08. The summed E-state index contributed by atoms with van der Waals surface area (Å²) in [5, 5.41) is 11.3. The Morgan fingerprint density at radius 2 is 1.78 bits per heavy atom. The van der Waals surface area contributed by atoms with Crippen LogP contribution in [0.4, 0.5) is 0 Å². The summed E-state index contributed by atoms with van der Waals surface area (Å²) in [6, 6.07) is 6.08. The summed E-state index contributed by atoms with van der Waals surface area (Å²) in [6.07, 6.45) is 3.97. The van der Waals surface area contributed by atoms with Crippen LogP contribution in [0.5, 0.6) is 0 Å². The largest absolute Gasteiger partial charge is 0.352 e. The van der Waals surface area contributed by atoms with E-state index in [1.165, 1.54) is 23.4 Å². The molecule has 0 aromatic heterocycles. The summed E-state index contributed by atoms with van der Waals surface area (Å²) in [5.41, 5.74) is 2.10. The molecule has 0 saturated heterocycles. The maximum Gasteiger partial charge on any atom is 0.243 e. The van der Waals surface area contributed by atoms with Crippen LogP contribution in [0.2, 0.25) is 0 Å². The molecule has 37 heavy (non-hydrogen) atoms. The van der Waals surface area contributed by atoms with Crippen molar-refractivity contribution in [2.75, 3.05) is 18.1 Å². The van der Waals surface area contributed by atoms with Gasteiger partial charge in [0.1, 0.15) is 12.1 Å². The molecule has 204 valence electrons. The van der Waals surface area contributed by atoms with Crippen molar-refractivity contribution in [1.82, 2.24) is 21.3 Å². The summed E-state index contributed by atoms with van der Waals surface area (Å²) in [4.78, 5) is 51.0. The third-order valence-electron chi connectivity index (χ3n) is 6.01. The van der Waals surface area contributed by atoms with Crippen LogP contribution in [0, 0.1) is 5.92 Å². The molecule has 4 N–H and O–H groups in total. The molecular weight excluding hydrogens is 603 g/mol. The van der Waals surface area contributed by atoms with Crippen LogP contribution in [0.15, 0.2) is 36.4 Å². The number of carbonyl (C=O) groups is 4. The molecule has 8 nitrogen and oxygen atoms in total. The standard InChI is InChI=1S/C27H39IN4O4S/c1-16(2)24(32-25(34)19(5)21-9-7-20(8-10-21)14-17(3)28)27(36)31-22-15-37-13-12-29-23(33)11-6-18(4)30-26(22)35/h6-11,16-19,22,24H,12-15H2,1-5H3,(H,29,33)(H,30,35)(H,31,36)(H,32,34)/b11-6+/t17?,18-,19-,22-,24-/m0/s1. The monoisotopic (exact) mass is 642 g/mol. The first-order valence-corrected chi connectivity index (χ1v) is 15.1. The van der Waals surface area contributed by atoms with E-state index in [0.717, 1.165) is 12.0 Å². The molecular formula is C27H39IN4O4S. The van der Waals surface area contributed by atoms with Gasteiger partial charge in [0.05, 0.1) is 5.92 Å². The minimum absolute atomic E-state index is 0.178. The fraction of sp³-hybridized carbons (Fsp3) is 0.556. The van der Waals surface area contributed by atoms with Crippen LogP contribution in [-0.2, 0) is 25.6 Å². The van der Waals surface area contributed by atoms with Gasteiger partial charge in [-0.25, -0.2) is 0 Å². The lowest BCUT2D eigenvalue weighted by atomic mass is 9.96. The third-order valence-corrected chi connectivity index (χ3v) is 7.51. The second-order valence-electron chi connectivity index (χ2n) is 9.76. The maximum atomic E-state index is 13.3. The number of hydrogen-bond donors (Lipinski definition) is 4. The Balaban J connectivity index is 2.07. The Morgan fingerprint density at radius 1 is 1.11 bits per heavy atom. The van der Waals surface area contributed by atoms with Gasteiger partial charge in [-0.3, -0.25) is 19.2 Å². The van der Waals surface area contributed by atoms with E-state index in [-0.39, 0.29) is 29.7 Å². The van der Waals surface area contributed by atoms with Crippen molar-refractivity contribution in [3.63, 3.8) is 0 Å². The number of thioether (sulfide) groups is 1. The molecule has 5 atom stereocenters. The molecule has 0 spiro atoms. The van der Waals surface area contributed by atoms with Crippen molar-refractivity contribution in [3.8, 4) is 0 Å². The molecule has 1 unspecified atom stereocenters. The average molecular weight is 643 g/mol. The van der Waals surface area contributed by atoms with E-state index in [1.54, 1.807) is 13.0 Å². The van der Waals surface area contributed by atoms with E-state index in [1.807, 2.05) is 45.0 Å². The first kappa shape index (κ1) is 31.1. The lowest BCUT2D eigenvalue weighted by Crippen LogP contribution is -2.57. The fourth-order valence-electron chi connectivity index (χ4n) is 3.79. The first-order valence-electron chi connectivity index (χ1n) is 12.7. The van der Waals surface area contributed by atoms with Crippen LogP contribution in [-0.4, -0.2) is 63.7 Å². The average Bonchev–Trinajstić information content (AvgIpc) is 2.83. The summed E-state index contributed by atoms with van der Waals surface area (Å²) in [5.74, 6) is -0.828. The number of rotatable bonds is 8. The number of hydrogen-bond acceptors (Lipinski definition) is 5. The molecule has 2 rings (SSSR count). The van der Waals surface area contributed by atoms with Crippen molar-refractivity contribution in [2.24, 2.45) is 5.92 Å². The predicted octanol–water partition coefficient (Wildman–Crippen LogP) is 2.71. The molecule has 4 amide bonds. The van der Waals surface area contributed by atoms with Gasteiger partial charge in [-0.2, -0.15) is 11.8 Å². The minimum atomic E-state index is -0.787. The van der Waals surface area contributed by atoms with Gasteiger partial charge in [0, 0.05) is 34.1 Å². The smallest absolute Gasteiger partial charge is 0.243 e. The summed E-state index contributed by atoms with van der Waals surface area (Å²) < 4.78 is 0.524. The zero-order valence-electron chi connectivity index (χ0n) is 22.2. The van der Waals surface area contributed by atoms with E-state index in [9.17, 15) is 19.2 Å².